The Morgan fingerprint density at radius 1 is 1.44 bits per heavy atom. The molecule has 1 aromatic carbocycles. The maximum absolute atomic E-state index is 10.6. The number of carboxylic acids is 1. The summed E-state index contributed by atoms with van der Waals surface area (Å²) in [4.78, 5) is 16.0. The SMILES string of the molecule is O=C(O)Cc1csc(CSc2ccccc2Br)n1. The van der Waals surface area contributed by atoms with Crippen molar-refractivity contribution in [2.24, 2.45) is 0 Å². The summed E-state index contributed by atoms with van der Waals surface area (Å²) in [6.07, 6.45) is -0.00377. The number of rotatable bonds is 5. The number of thioether (sulfide) groups is 1. The van der Waals surface area contributed by atoms with Crippen LogP contribution < -0.4 is 0 Å². The van der Waals surface area contributed by atoms with Gasteiger partial charge < -0.3 is 5.11 Å². The predicted molar refractivity (Wildman–Crippen MR) is 77.2 cm³/mol. The summed E-state index contributed by atoms with van der Waals surface area (Å²) in [5.74, 6) is -0.0855. The molecule has 0 atom stereocenters. The van der Waals surface area contributed by atoms with E-state index in [-0.39, 0.29) is 6.42 Å². The molecule has 0 aliphatic heterocycles. The van der Waals surface area contributed by atoms with Crippen LogP contribution in [0, 0.1) is 0 Å². The first-order valence-corrected chi connectivity index (χ1v) is 7.83. The molecule has 0 aliphatic carbocycles. The molecule has 0 saturated carbocycles. The third kappa shape index (κ3) is 3.83. The number of aromatic nitrogens is 1. The normalized spacial score (nSPS) is 10.5. The van der Waals surface area contributed by atoms with E-state index in [1.807, 2.05) is 29.6 Å². The Morgan fingerprint density at radius 3 is 2.94 bits per heavy atom. The van der Waals surface area contributed by atoms with E-state index in [0.29, 0.717) is 5.69 Å². The summed E-state index contributed by atoms with van der Waals surface area (Å²) < 4.78 is 1.07. The highest BCUT2D eigenvalue weighted by Crippen LogP contribution is 2.30. The quantitative estimate of drug-likeness (QED) is 0.838. The van der Waals surface area contributed by atoms with Gasteiger partial charge in [-0.05, 0) is 28.1 Å². The van der Waals surface area contributed by atoms with E-state index in [2.05, 4.69) is 20.9 Å². The first-order valence-electron chi connectivity index (χ1n) is 5.17. The fourth-order valence-corrected chi connectivity index (χ4v) is 3.73. The summed E-state index contributed by atoms with van der Waals surface area (Å²) in [5.41, 5.74) is 0.634. The molecule has 1 heterocycles. The van der Waals surface area contributed by atoms with Gasteiger partial charge in [-0.3, -0.25) is 4.79 Å². The average Bonchev–Trinajstić information content (AvgIpc) is 2.75. The van der Waals surface area contributed by atoms with Gasteiger partial charge in [-0.25, -0.2) is 4.98 Å². The van der Waals surface area contributed by atoms with Gasteiger partial charge in [0.2, 0.25) is 0 Å². The van der Waals surface area contributed by atoms with Crippen LogP contribution >= 0.6 is 39.0 Å². The van der Waals surface area contributed by atoms with Gasteiger partial charge >= 0.3 is 5.97 Å². The molecule has 3 nitrogen and oxygen atoms in total. The Kier molecular flexibility index (Phi) is 4.79. The van der Waals surface area contributed by atoms with Gasteiger partial charge in [-0.15, -0.1) is 23.1 Å². The highest BCUT2D eigenvalue weighted by Gasteiger charge is 2.07. The van der Waals surface area contributed by atoms with Gasteiger partial charge in [0.1, 0.15) is 5.01 Å². The first kappa shape index (κ1) is 13.6. The van der Waals surface area contributed by atoms with E-state index in [1.54, 1.807) is 11.8 Å². The summed E-state index contributed by atoms with van der Waals surface area (Å²) in [6, 6.07) is 8.01. The van der Waals surface area contributed by atoms with Crippen molar-refractivity contribution in [2.45, 2.75) is 17.1 Å². The lowest BCUT2D eigenvalue weighted by molar-refractivity contribution is -0.136. The fraction of sp³-hybridized carbons (Fsp3) is 0.167. The third-order valence-electron chi connectivity index (χ3n) is 2.12. The molecule has 0 radical (unpaired) electrons. The lowest BCUT2D eigenvalue weighted by atomic mass is 10.3. The van der Waals surface area contributed by atoms with Gasteiger partial charge in [0.05, 0.1) is 17.9 Å². The van der Waals surface area contributed by atoms with Gasteiger partial charge in [0.15, 0.2) is 0 Å². The van der Waals surface area contributed by atoms with Crippen LogP contribution in [0.15, 0.2) is 39.0 Å². The molecule has 0 aliphatic rings. The van der Waals surface area contributed by atoms with Crippen LogP contribution in [-0.2, 0) is 17.0 Å². The van der Waals surface area contributed by atoms with Crippen LogP contribution in [0.2, 0.25) is 0 Å². The number of benzene rings is 1. The standard InChI is InChI=1S/C12H10BrNO2S2/c13-9-3-1-2-4-10(9)17-7-11-14-8(6-18-11)5-12(15)16/h1-4,6H,5,7H2,(H,15,16). The highest BCUT2D eigenvalue weighted by molar-refractivity contribution is 9.10. The van der Waals surface area contributed by atoms with Gasteiger partial charge in [-0.1, -0.05) is 12.1 Å². The number of thiazole rings is 1. The molecule has 0 saturated heterocycles. The van der Waals surface area contributed by atoms with E-state index in [1.165, 1.54) is 11.3 Å². The Labute approximate surface area is 121 Å². The van der Waals surface area contributed by atoms with Crippen molar-refractivity contribution in [1.29, 1.82) is 0 Å². The van der Waals surface area contributed by atoms with Crippen LogP contribution in [0.25, 0.3) is 0 Å². The largest absolute Gasteiger partial charge is 0.481 e. The Balaban J connectivity index is 1.96. The first-order chi connectivity index (χ1) is 8.65. The van der Waals surface area contributed by atoms with Crippen molar-refractivity contribution < 1.29 is 9.90 Å². The van der Waals surface area contributed by atoms with E-state index in [9.17, 15) is 4.79 Å². The number of carbonyl (C=O) groups is 1. The monoisotopic (exact) mass is 343 g/mol. The summed E-state index contributed by atoms with van der Waals surface area (Å²) in [7, 11) is 0. The Hall–Kier alpha value is -0.850. The average molecular weight is 344 g/mol. The Morgan fingerprint density at radius 2 is 2.22 bits per heavy atom. The number of aliphatic carboxylic acids is 1. The van der Waals surface area contributed by atoms with Crippen LogP contribution in [0.3, 0.4) is 0 Å². The zero-order valence-corrected chi connectivity index (χ0v) is 12.5. The molecule has 2 rings (SSSR count). The van der Waals surface area contributed by atoms with Gasteiger partial charge in [-0.2, -0.15) is 0 Å². The molecular weight excluding hydrogens is 334 g/mol. The van der Waals surface area contributed by atoms with Crippen LogP contribution in [0.1, 0.15) is 10.7 Å². The van der Waals surface area contributed by atoms with E-state index in [0.717, 1.165) is 20.1 Å². The second-order valence-corrected chi connectivity index (χ2v) is 6.34. The molecule has 6 heteroatoms. The van der Waals surface area contributed by atoms with E-state index < -0.39 is 5.97 Å². The topological polar surface area (TPSA) is 50.2 Å². The second kappa shape index (κ2) is 6.36. The third-order valence-corrected chi connectivity index (χ3v) is 5.24. The van der Waals surface area contributed by atoms with Crippen molar-refractivity contribution in [1.82, 2.24) is 4.98 Å². The number of hydrogen-bond acceptors (Lipinski definition) is 4. The van der Waals surface area contributed by atoms with Crippen molar-refractivity contribution in [2.75, 3.05) is 0 Å². The van der Waals surface area contributed by atoms with Crippen LogP contribution in [0.5, 0.6) is 0 Å². The number of hydrogen-bond donors (Lipinski definition) is 1. The Bertz CT molecular complexity index is 557. The minimum atomic E-state index is -0.842. The van der Waals surface area contributed by atoms with Crippen LogP contribution in [0.4, 0.5) is 0 Å². The molecule has 0 bridgehead atoms. The summed E-state index contributed by atoms with van der Waals surface area (Å²) >= 11 is 6.68. The molecule has 1 aromatic heterocycles. The van der Waals surface area contributed by atoms with E-state index in [4.69, 9.17) is 5.11 Å². The van der Waals surface area contributed by atoms with Crippen molar-refractivity contribution >= 4 is 45.0 Å². The summed E-state index contributed by atoms with van der Waals surface area (Å²) in [5, 5.41) is 11.4. The fourth-order valence-electron chi connectivity index (χ4n) is 1.35. The maximum atomic E-state index is 10.6. The molecule has 0 unspecified atom stereocenters. The zero-order valence-electron chi connectivity index (χ0n) is 9.30. The minimum absolute atomic E-state index is 0.00377. The molecule has 0 amide bonds. The molecule has 2 aromatic rings. The van der Waals surface area contributed by atoms with Crippen molar-refractivity contribution in [3.05, 3.63) is 44.8 Å². The number of carboxylic acid groups (broad SMARTS) is 1. The molecule has 18 heavy (non-hydrogen) atoms. The minimum Gasteiger partial charge on any atom is -0.481 e. The number of nitrogens with zero attached hydrogens (tertiary/aromatic N) is 1. The molecule has 1 N–H and O–H groups in total. The predicted octanol–water partition coefficient (Wildman–Crippen LogP) is 3.83. The van der Waals surface area contributed by atoms with Crippen molar-refractivity contribution in [3.8, 4) is 0 Å². The van der Waals surface area contributed by atoms with Gasteiger partial charge in [0.25, 0.3) is 0 Å². The molecular formula is C12H10BrNO2S2. The molecule has 0 spiro atoms. The van der Waals surface area contributed by atoms with E-state index >= 15 is 0 Å². The molecule has 0 fully saturated rings. The second-order valence-electron chi connectivity index (χ2n) is 3.52. The summed E-state index contributed by atoms with van der Waals surface area (Å²) in [6.45, 7) is 0. The highest BCUT2D eigenvalue weighted by atomic mass is 79.9. The van der Waals surface area contributed by atoms with Gasteiger partial charge in [0, 0.05) is 14.7 Å². The molecule has 94 valence electrons. The van der Waals surface area contributed by atoms with Crippen molar-refractivity contribution in [3.63, 3.8) is 0 Å². The van der Waals surface area contributed by atoms with Crippen LogP contribution in [-0.4, -0.2) is 16.1 Å². The lowest BCUT2D eigenvalue weighted by Crippen LogP contribution is -2.00. The zero-order chi connectivity index (χ0) is 13.0. The lowest BCUT2D eigenvalue weighted by Gasteiger charge is -2.01. The maximum Gasteiger partial charge on any atom is 0.309 e. The number of halogens is 1. The smallest absolute Gasteiger partial charge is 0.309 e.